The molecule has 2 fully saturated rings. The third-order valence-electron chi connectivity index (χ3n) is 8.19. The van der Waals surface area contributed by atoms with E-state index in [1.807, 2.05) is 12.1 Å². The molecule has 0 amide bonds. The zero-order valence-corrected chi connectivity index (χ0v) is 23.0. The van der Waals surface area contributed by atoms with Crippen LogP contribution in [0.15, 0.2) is 65.1 Å². The maximum atomic E-state index is 13.7. The van der Waals surface area contributed by atoms with Crippen LogP contribution in [0.4, 0.5) is 5.69 Å². The molecular formula is C30H38N2O4S. The molecule has 5 rings (SSSR count). The second kappa shape index (κ2) is 10.0. The number of sulfonamides is 1. The molecule has 1 unspecified atom stereocenters. The molecule has 0 radical (unpaired) electrons. The Balaban J connectivity index is 1.40. The van der Waals surface area contributed by atoms with Crippen molar-refractivity contribution < 1.29 is 17.9 Å². The lowest BCUT2D eigenvalue weighted by atomic mass is 9.66. The standard InChI is InChI=1S/C30H38N2O4S/c1-29(2,3)24-6-10-28(11-7-24)37(34,35)32-15-13-25-20-27(33)12-14-30(25,22-32)21-23-4-8-26(9-5-23)31-16-18-36-19-17-31/h4-11,20H,12-19,21-22H2,1-3H3. The average Bonchev–Trinajstić information content (AvgIpc) is 2.89. The van der Waals surface area contributed by atoms with E-state index in [0.717, 1.165) is 43.9 Å². The monoisotopic (exact) mass is 522 g/mol. The minimum atomic E-state index is -3.64. The Morgan fingerprint density at radius 1 is 0.919 bits per heavy atom. The minimum absolute atomic E-state index is 0.0386. The fourth-order valence-corrected chi connectivity index (χ4v) is 7.43. The van der Waals surface area contributed by atoms with Crippen LogP contribution in [-0.2, 0) is 31.4 Å². The molecule has 1 atom stereocenters. The van der Waals surface area contributed by atoms with Crippen molar-refractivity contribution in [3.05, 3.63) is 71.3 Å². The number of anilines is 1. The van der Waals surface area contributed by atoms with Gasteiger partial charge >= 0.3 is 0 Å². The Hall–Kier alpha value is -2.48. The quantitative estimate of drug-likeness (QED) is 0.568. The lowest BCUT2D eigenvalue weighted by molar-refractivity contribution is -0.116. The van der Waals surface area contributed by atoms with Gasteiger partial charge < -0.3 is 9.64 Å². The van der Waals surface area contributed by atoms with E-state index in [1.165, 1.54) is 11.3 Å². The molecule has 2 aromatic carbocycles. The van der Waals surface area contributed by atoms with Crippen molar-refractivity contribution in [2.75, 3.05) is 44.3 Å². The van der Waals surface area contributed by atoms with Crippen molar-refractivity contribution in [3.63, 3.8) is 0 Å². The second-order valence-corrected chi connectivity index (χ2v) is 13.7. The lowest BCUT2D eigenvalue weighted by Gasteiger charge is -2.46. The molecule has 1 aliphatic carbocycles. The molecule has 198 valence electrons. The number of carbonyl (C=O) groups excluding carboxylic acids is 1. The number of hydrogen-bond acceptors (Lipinski definition) is 5. The van der Waals surface area contributed by atoms with E-state index >= 15 is 0 Å². The third kappa shape index (κ3) is 5.40. The number of nitrogens with zero attached hydrogens (tertiary/aromatic N) is 2. The first-order valence-corrected chi connectivity index (χ1v) is 14.8. The molecule has 2 saturated heterocycles. The van der Waals surface area contributed by atoms with E-state index in [4.69, 9.17) is 4.74 Å². The van der Waals surface area contributed by atoms with Gasteiger partial charge in [0.1, 0.15) is 0 Å². The number of benzene rings is 2. The van der Waals surface area contributed by atoms with E-state index in [-0.39, 0.29) is 16.6 Å². The van der Waals surface area contributed by atoms with Gasteiger partial charge in [-0.25, -0.2) is 8.42 Å². The summed E-state index contributed by atoms with van der Waals surface area (Å²) in [6.07, 6.45) is 4.26. The zero-order valence-electron chi connectivity index (χ0n) is 22.2. The summed E-state index contributed by atoms with van der Waals surface area (Å²) in [5.41, 5.74) is 4.18. The summed E-state index contributed by atoms with van der Waals surface area (Å²) >= 11 is 0. The van der Waals surface area contributed by atoms with Crippen LogP contribution in [0, 0.1) is 5.41 Å². The Labute approximate surface area is 221 Å². The van der Waals surface area contributed by atoms with Crippen LogP contribution in [0.5, 0.6) is 0 Å². The molecule has 7 heteroatoms. The van der Waals surface area contributed by atoms with E-state index in [2.05, 4.69) is 49.9 Å². The topological polar surface area (TPSA) is 66.9 Å². The van der Waals surface area contributed by atoms with Gasteiger partial charge in [0.05, 0.1) is 18.1 Å². The van der Waals surface area contributed by atoms with E-state index in [9.17, 15) is 13.2 Å². The first-order valence-electron chi connectivity index (χ1n) is 13.3. The minimum Gasteiger partial charge on any atom is -0.378 e. The van der Waals surface area contributed by atoms with Crippen LogP contribution in [-0.4, -0.2) is 57.9 Å². The number of rotatable bonds is 5. The highest BCUT2D eigenvalue weighted by Crippen LogP contribution is 2.46. The molecule has 2 aliphatic heterocycles. The Bertz CT molecular complexity index is 1270. The van der Waals surface area contributed by atoms with Gasteiger partial charge in [0.25, 0.3) is 0 Å². The number of morpholine rings is 1. The van der Waals surface area contributed by atoms with E-state index in [0.29, 0.717) is 37.2 Å². The molecule has 2 heterocycles. The summed E-state index contributed by atoms with van der Waals surface area (Å²) in [4.78, 5) is 15.0. The molecule has 0 aromatic heterocycles. The molecule has 3 aliphatic rings. The van der Waals surface area contributed by atoms with E-state index < -0.39 is 10.0 Å². The van der Waals surface area contributed by atoms with Crippen LogP contribution in [0.1, 0.15) is 51.2 Å². The number of hydrogen-bond donors (Lipinski definition) is 0. The van der Waals surface area contributed by atoms with Crippen LogP contribution >= 0.6 is 0 Å². The number of ether oxygens (including phenoxy) is 1. The van der Waals surface area contributed by atoms with Crippen LogP contribution in [0.25, 0.3) is 0 Å². The predicted molar refractivity (Wildman–Crippen MR) is 146 cm³/mol. The van der Waals surface area contributed by atoms with Gasteiger partial charge in [-0.15, -0.1) is 0 Å². The molecule has 0 saturated carbocycles. The maximum absolute atomic E-state index is 13.7. The Kier molecular flexibility index (Phi) is 7.07. The van der Waals surface area contributed by atoms with Gasteiger partial charge in [0.15, 0.2) is 5.78 Å². The van der Waals surface area contributed by atoms with Crippen LogP contribution < -0.4 is 4.90 Å². The average molecular weight is 523 g/mol. The van der Waals surface area contributed by atoms with Crippen molar-refractivity contribution in [3.8, 4) is 0 Å². The van der Waals surface area contributed by atoms with Crippen LogP contribution in [0.2, 0.25) is 0 Å². The van der Waals surface area contributed by atoms with Gasteiger partial charge in [0.2, 0.25) is 10.0 Å². The van der Waals surface area contributed by atoms with Crippen molar-refractivity contribution in [2.45, 2.75) is 56.8 Å². The number of ketones is 1. The van der Waals surface area contributed by atoms with Gasteiger partial charge in [0, 0.05) is 43.7 Å². The molecule has 0 spiro atoms. The molecule has 0 bridgehead atoms. The molecule has 37 heavy (non-hydrogen) atoms. The van der Waals surface area contributed by atoms with Crippen molar-refractivity contribution in [2.24, 2.45) is 5.41 Å². The summed E-state index contributed by atoms with van der Waals surface area (Å²) in [6.45, 7) is 10.4. The molecule has 0 N–H and O–H groups in total. The highest BCUT2D eigenvalue weighted by Gasteiger charge is 2.45. The van der Waals surface area contributed by atoms with Crippen molar-refractivity contribution in [1.29, 1.82) is 0 Å². The van der Waals surface area contributed by atoms with Gasteiger partial charge in [-0.05, 0) is 66.1 Å². The first-order chi connectivity index (χ1) is 17.6. The zero-order chi connectivity index (χ0) is 26.3. The number of piperidine rings is 1. The van der Waals surface area contributed by atoms with Gasteiger partial charge in [-0.3, -0.25) is 4.79 Å². The third-order valence-corrected chi connectivity index (χ3v) is 10.0. The summed E-state index contributed by atoms with van der Waals surface area (Å²) in [7, 11) is -3.64. The first kappa shape index (κ1) is 26.1. The Morgan fingerprint density at radius 3 is 2.24 bits per heavy atom. The molecular weight excluding hydrogens is 484 g/mol. The van der Waals surface area contributed by atoms with Crippen LogP contribution in [0.3, 0.4) is 0 Å². The summed E-state index contributed by atoms with van der Waals surface area (Å²) in [6, 6.07) is 16.0. The van der Waals surface area contributed by atoms with E-state index in [1.54, 1.807) is 22.5 Å². The number of carbonyl (C=O) groups is 1. The SMILES string of the molecule is CC(C)(C)c1ccc(S(=O)(=O)N2CCC3=CC(=O)CCC3(Cc3ccc(N4CCOCC4)cc3)C2)cc1. The summed E-state index contributed by atoms with van der Waals surface area (Å²) < 4.78 is 34.6. The largest absolute Gasteiger partial charge is 0.378 e. The van der Waals surface area contributed by atoms with Crippen molar-refractivity contribution >= 4 is 21.5 Å². The fraction of sp³-hybridized carbons (Fsp3) is 0.500. The van der Waals surface area contributed by atoms with Crippen molar-refractivity contribution in [1.82, 2.24) is 4.31 Å². The lowest BCUT2D eigenvalue weighted by Crippen LogP contribution is -2.49. The second-order valence-electron chi connectivity index (χ2n) is 11.7. The van der Waals surface area contributed by atoms with Gasteiger partial charge in [-0.2, -0.15) is 4.31 Å². The molecule has 2 aromatic rings. The predicted octanol–water partition coefficient (Wildman–Crippen LogP) is 4.73. The highest BCUT2D eigenvalue weighted by atomic mass is 32.2. The van der Waals surface area contributed by atoms with Gasteiger partial charge in [-0.1, -0.05) is 50.6 Å². The number of allylic oxidation sites excluding steroid dienone is 1. The summed E-state index contributed by atoms with van der Waals surface area (Å²) in [5, 5.41) is 0. The smallest absolute Gasteiger partial charge is 0.243 e. The highest BCUT2D eigenvalue weighted by molar-refractivity contribution is 7.89. The molecule has 6 nitrogen and oxygen atoms in total. The summed E-state index contributed by atoms with van der Waals surface area (Å²) in [5.74, 6) is 0.155. The number of fused-ring (bicyclic) bond motifs is 1. The Morgan fingerprint density at radius 2 is 1.59 bits per heavy atom. The fourth-order valence-electron chi connectivity index (χ4n) is 5.90. The normalized spacial score (nSPS) is 23.5. The maximum Gasteiger partial charge on any atom is 0.243 e.